The molecule has 2 N–H and O–H groups in total. The molecule has 1 fully saturated rings. The highest BCUT2D eigenvalue weighted by Gasteiger charge is 2.32. The lowest BCUT2D eigenvalue weighted by Gasteiger charge is -2.32. The average molecular weight is 172 g/mol. The van der Waals surface area contributed by atoms with E-state index in [1.807, 2.05) is 0 Å². The minimum atomic E-state index is -0.984. The number of carboxylic acids is 1. The summed E-state index contributed by atoms with van der Waals surface area (Å²) in [6.07, 6.45) is 0. The minimum absolute atomic E-state index is 0.226. The number of carbonyl (C=O) groups is 2. The maximum absolute atomic E-state index is 11.1. The van der Waals surface area contributed by atoms with Gasteiger partial charge >= 0.3 is 5.97 Å². The number of rotatable bonds is 1. The van der Waals surface area contributed by atoms with Gasteiger partial charge in [-0.25, -0.2) is 4.79 Å². The summed E-state index contributed by atoms with van der Waals surface area (Å²) >= 11 is 0. The van der Waals surface area contributed by atoms with Crippen LogP contribution in [-0.2, 0) is 9.59 Å². The van der Waals surface area contributed by atoms with Crippen LogP contribution < -0.4 is 5.32 Å². The normalized spacial score (nSPS) is 31.3. The van der Waals surface area contributed by atoms with Gasteiger partial charge < -0.3 is 10.4 Å². The van der Waals surface area contributed by atoms with E-state index in [-0.39, 0.29) is 11.9 Å². The molecule has 0 aromatic heterocycles. The third-order valence-electron chi connectivity index (χ3n) is 2.13. The Morgan fingerprint density at radius 2 is 2.33 bits per heavy atom. The number of likely N-dealkylation sites (N-methyl/N-ethyl adjacent to an activating group) is 1. The van der Waals surface area contributed by atoms with Gasteiger partial charge in [0.1, 0.15) is 6.04 Å². The fourth-order valence-electron chi connectivity index (χ4n) is 1.12. The third kappa shape index (κ3) is 1.55. The van der Waals surface area contributed by atoms with Gasteiger partial charge in [0.2, 0.25) is 5.91 Å². The van der Waals surface area contributed by atoms with Crippen molar-refractivity contribution < 1.29 is 14.7 Å². The minimum Gasteiger partial charge on any atom is -0.480 e. The van der Waals surface area contributed by atoms with Crippen LogP contribution in [-0.4, -0.2) is 47.6 Å². The Hall–Kier alpha value is -1.10. The van der Waals surface area contributed by atoms with Gasteiger partial charge in [0, 0.05) is 6.54 Å². The molecule has 0 aliphatic carbocycles. The lowest BCUT2D eigenvalue weighted by molar-refractivity contribution is -0.146. The van der Waals surface area contributed by atoms with E-state index < -0.39 is 12.0 Å². The van der Waals surface area contributed by atoms with E-state index in [1.54, 1.807) is 18.9 Å². The Kier molecular flexibility index (Phi) is 2.32. The zero-order chi connectivity index (χ0) is 9.30. The first-order chi connectivity index (χ1) is 5.52. The molecule has 0 bridgehead atoms. The van der Waals surface area contributed by atoms with Crippen LogP contribution in [0.3, 0.4) is 0 Å². The Labute approximate surface area is 70.4 Å². The number of piperazine rings is 1. The summed E-state index contributed by atoms with van der Waals surface area (Å²) in [5.41, 5.74) is 0. The molecule has 0 aromatic carbocycles. The van der Waals surface area contributed by atoms with E-state index in [4.69, 9.17) is 5.11 Å². The zero-order valence-electron chi connectivity index (χ0n) is 7.07. The highest BCUT2D eigenvalue weighted by Crippen LogP contribution is 2.04. The van der Waals surface area contributed by atoms with Gasteiger partial charge in [0.25, 0.3) is 0 Å². The van der Waals surface area contributed by atoms with Crippen LogP contribution >= 0.6 is 0 Å². The zero-order valence-corrected chi connectivity index (χ0v) is 7.07. The van der Waals surface area contributed by atoms with Crippen molar-refractivity contribution in [2.24, 2.45) is 0 Å². The van der Waals surface area contributed by atoms with E-state index >= 15 is 0 Å². The number of carbonyl (C=O) groups excluding carboxylic acids is 1. The highest BCUT2D eigenvalue weighted by molar-refractivity contribution is 5.88. The summed E-state index contributed by atoms with van der Waals surface area (Å²) in [5.74, 6) is -1.21. The summed E-state index contributed by atoms with van der Waals surface area (Å²) in [5, 5.41) is 11.0. The van der Waals surface area contributed by atoms with Crippen molar-refractivity contribution in [2.45, 2.75) is 19.0 Å². The Morgan fingerprint density at radius 1 is 1.75 bits per heavy atom. The van der Waals surface area contributed by atoms with Crippen LogP contribution in [0.4, 0.5) is 0 Å². The van der Waals surface area contributed by atoms with Crippen molar-refractivity contribution in [3.05, 3.63) is 0 Å². The van der Waals surface area contributed by atoms with Gasteiger partial charge in [0.05, 0.1) is 6.04 Å². The number of nitrogens with one attached hydrogen (secondary N) is 1. The highest BCUT2D eigenvalue weighted by atomic mass is 16.4. The quantitative estimate of drug-likeness (QED) is 0.526. The molecule has 1 aliphatic rings. The smallest absolute Gasteiger partial charge is 0.327 e. The summed E-state index contributed by atoms with van der Waals surface area (Å²) in [4.78, 5) is 23.3. The van der Waals surface area contributed by atoms with Gasteiger partial charge in [-0.05, 0) is 14.0 Å². The molecule has 1 heterocycles. The maximum atomic E-state index is 11.1. The van der Waals surface area contributed by atoms with Gasteiger partial charge in [-0.15, -0.1) is 0 Å². The fraction of sp³-hybridized carbons (Fsp3) is 0.714. The first-order valence-electron chi connectivity index (χ1n) is 3.76. The van der Waals surface area contributed by atoms with Crippen molar-refractivity contribution >= 4 is 11.9 Å². The van der Waals surface area contributed by atoms with Crippen molar-refractivity contribution in [2.75, 3.05) is 13.6 Å². The second kappa shape index (κ2) is 3.10. The monoisotopic (exact) mass is 172 g/mol. The van der Waals surface area contributed by atoms with Crippen LogP contribution in [0.2, 0.25) is 0 Å². The standard InChI is InChI=1S/C7H12N2O3/c1-4-6(10)8-5(7(11)12)3-9(4)2/h4-5H,3H2,1-2H3,(H,8,10)(H,11,12)/t4?,5-/m0/s1. The van der Waals surface area contributed by atoms with Gasteiger partial charge in [-0.1, -0.05) is 0 Å². The van der Waals surface area contributed by atoms with Gasteiger partial charge in [0.15, 0.2) is 0 Å². The SMILES string of the molecule is CC1C(=O)N[C@H](C(=O)O)CN1C. The summed E-state index contributed by atoms with van der Waals surface area (Å²) in [6, 6.07) is -1.00. The van der Waals surface area contributed by atoms with Crippen LogP contribution in [0, 0.1) is 0 Å². The number of aliphatic carboxylic acids is 1. The molecule has 0 radical (unpaired) electrons. The van der Waals surface area contributed by atoms with E-state index in [0.29, 0.717) is 6.54 Å². The van der Waals surface area contributed by atoms with Crippen molar-refractivity contribution in [3.8, 4) is 0 Å². The fourth-order valence-corrected chi connectivity index (χ4v) is 1.12. The van der Waals surface area contributed by atoms with Crippen LogP contribution in [0.5, 0.6) is 0 Å². The topological polar surface area (TPSA) is 69.6 Å². The molecule has 5 nitrogen and oxygen atoms in total. The Bertz CT molecular complexity index is 217. The van der Waals surface area contributed by atoms with Crippen LogP contribution in [0.25, 0.3) is 0 Å². The van der Waals surface area contributed by atoms with Gasteiger partial charge in [-0.3, -0.25) is 9.69 Å². The molecule has 12 heavy (non-hydrogen) atoms. The number of carboxylic acid groups (broad SMARTS) is 1. The van der Waals surface area contributed by atoms with E-state index in [0.717, 1.165) is 0 Å². The second-order valence-corrected chi connectivity index (χ2v) is 3.01. The first kappa shape index (κ1) is 8.99. The van der Waals surface area contributed by atoms with Gasteiger partial charge in [-0.2, -0.15) is 0 Å². The van der Waals surface area contributed by atoms with Crippen molar-refractivity contribution in [1.29, 1.82) is 0 Å². The molecule has 5 heteroatoms. The molecular weight excluding hydrogens is 160 g/mol. The molecule has 68 valence electrons. The molecule has 1 rings (SSSR count). The van der Waals surface area contributed by atoms with Crippen molar-refractivity contribution in [3.63, 3.8) is 0 Å². The summed E-state index contributed by atoms with van der Waals surface area (Å²) in [6.45, 7) is 2.11. The molecule has 1 saturated heterocycles. The van der Waals surface area contributed by atoms with Crippen molar-refractivity contribution in [1.82, 2.24) is 10.2 Å². The molecular formula is C7H12N2O3. The average Bonchev–Trinajstić information content (AvgIpc) is 1.99. The van der Waals surface area contributed by atoms with E-state index in [1.165, 1.54) is 0 Å². The lowest BCUT2D eigenvalue weighted by atomic mass is 10.1. The Morgan fingerprint density at radius 3 is 2.75 bits per heavy atom. The first-order valence-corrected chi connectivity index (χ1v) is 3.76. The molecule has 0 aromatic rings. The van der Waals surface area contributed by atoms with Crippen LogP contribution in [0.1, 0.15) is 6.92 Å². The Balaban J connectivity index is 2.66. The third-order valence-corrected chi connectivity index (χ3v) is 2.13. The molecule has 1 aliphatic heterocycles. The maximum Gasteiger partial charge on any atom is 0.327 e. The van der Waals surface area contributed by atoms with Crippen LogP contribution in [0.15, 0.2) is 0 Å². The predicted molar refractivity (Wildman–Crippen MR) is 41.7 cm³/mol. The molecule has 0 spiro atoms. The second-order valence-electron chi connectivity index (χ2n) is 3.01. The summed E-state index contributed by atoms with van der Waals surface area (Å²) < 4.78 is 0. The molecule has 1 amide bonds. The molecule has 1 unspecified atom stereocenters. The lowest BCUT2D eigenvalue weighted by Crippen LogP contribution is -2.60. The van der Waals surface area contributed by atoms with E-state index in [9.17, 15) is 9.59 Å². The van der Waals surface area contributed by atoms with E-state index in [2.05, 4.69) is 5.32 Å². The summed E-state index contributed by atoms with van der Waals surface area (Å²) in [7, 11) is 1.74. The predicted octanol–water partition coefficient (Wildman–Crippen LogP) is -1.11. The number of hydrogen-bond donors (Lipinski definition) is 2. The largest absolute Gasteiger partial charge is 0.480 e. The number of hydrogen-bond acceptors (Lipinski definition) is 3. The molecule has 2 atom stereocenters. The molecule has 0 saturated carbocycles. The number of nitrogens with zero attached hydrogens (tertiary/aromatic N) is 1. The number of amides is 1.